The molecule has 0 saturated heterocycles. The van der Waals surface area contributed by atoms with Crippen LogP contribution in [0.5, 0.6) is 0 Å². The van der Waals surface area contributed by atoms with Gasteiger partial charge in [-0.2, -0.15) is 0 Å². The van der Waals surface area contributed by atoms with Gasteiger partial charge in [-0.05, 0) is 58.7 Å². The summed E-state index contributed by atoms with van der Waals surface area (Å²) < 4.78 is 14.0. The molecule has 0 heterocycles. The molecule has 3 N–H and O–H groups in total. The predicted molar refractivity (Wildman–Crippen MR) is 77.6 cm³/mol. The van der Waals surface area contributed by atoms with Gasteiger partial charge in [-0.3, -0.25) is 4.79 Å². The zero-order valence-corrected chi connectivity index (χ0v) is 11.8. The number of hydrogen-bond acceptors (Lipinski definition) is 2. The van der Waals surface area contributed by atoms with Crippen molar-refractivity contribution in [2.75, 3.05) is 11.1 Å². The number of carbonyl (C=O) groups excluding carboxylic acids is 1. The summed E-state index contributed by atoms with van der Waals surface area (Å²) in [6.07, 6.45) is 0. The zero-order valence-electron chi connectivity index (χ0n) is 10.2. The molecule has 2 aromatic carbocycles. The Hall–Kier alpha value is -1.88. The highest BCUT2D eigenvalue weighted by Crippen LogP contribution is 2.21. The van der Waals surface area contributed by atoms with Crippen molar-refractivity contribution in [3.63, 3.8) is 0 Å². The summed E-state index contributed by atoms with van der Waals surface area (Å²) in [6, 6.07) is 9.49. The van der Waals surface area contributed by atoms with Crippen molar-refractivity contribution in [2.45, 2.75) is 6.92 Å². The van der Waals surface area contributed by atoms with Gasteiger partial charge in [0.2, 0.25) is 0 Å². The lowest BCUT2D eigenvalue weighted by atomic mass is 10.1. The van der Waals surface area contributed by atoms with Gasteiger partial charge < -0.3 is 11.1 Å². The molecule has 19 heavy (non-hydrogen) atoms. The van der Waals surface area contributed by atoms with Crippen LogP contribution in [0.1, 0.15) is 15.9 Å². The Morgan fingerprint density at radius 3 is 2.68 bits per heavy atom. The van der Waals surface area contributed by atoms with Crippen LogP contribution in [-0.2, 0) is 0 Å². The number of benzene rings is 2. The second-order valence-corrected chi connectivity index (χ2v) is 5.01. The van der Waals surface area contributed by atoms with Crippen LogP contribution in [0.15, 0.2) is 40.9 Å². The zero-order chi connectivity index (χ0) is 14.0. The number of aryl methyl sites for hydroxylation is 1. The van der Waals surface area contributed by atoms with Crippen LogP contribution >= 0.6 is 15.9 Å². The molecule has 0 aliphatic rings. The van der Waals surface area contributed by atoms with Crippen LogP contribution in [0.25, 0.3) is 0 Å². The molecule has 2 rings (SSSR count). The van der Waals surface area contributed by atoms with E-state index >= 15 is 0 Å². The van der Waals surface area contributed by atoms with Crippen molar-refractivity contribution in [3.8, 4) is 0 Å². The van der Waals surface area contributed by atoms with Crippen LogP contribution in [0.4, 0.5) is 15.8 Å². The molecule has 0 aromatic heterocycles. The number of amides is 1. The Balaban J connectivity index is 2.25. The molecule has 1 amide bonds. The fraction of sp³-hybridized carbons (Fsp3) is 0.0714. The van der Waals surface area contributed by atoms with Gasteiger partial charge in [0.05, 0.1) is 5.56 Å². The first kappa shape index (κ1) is 13.5. The van der Waals surface area contributed by atoms with Gasteiger partial charge in [-0.15, -0.1) is 0 Å². The first-order chi connectivity index (χ1) is 8.97. The van der Waals surface area contributed by atoms with E-state index in [1.807, 2.05) is 0 Å². The maximum absolute atomic E-state index is 13.4. The van der Waals surface area contributed by atoms with Gasteiger partial charge in [0.15, 0.2) is 0 Å². The number of hydrogen-bond donors (Lipinski definition) is 2. The summed E-state index contributed by atoms with van der Waals surface area (Å²) in [7, 11) is 0. The van der Waals surface area contributed by atoms with E-state index in [1.165, 1.54) is 6.07 Å². The highest BCUT2D eigenvalue weighted by Gasteiger charge is 2.11. The summed E-state index contributed by atoms with van der Waals surface area (Å²) in [5.41, 5.74) is 7.47. The third kappa shape index (κ3) is 3.12. The smallest absolute Gasteiger partial charge is 0.256 e. The molecule has 2 aromatic rings. The highest BCUT2D eigenvalue weighted by molar-refractivity contribution is 9.10. The summed E-state index contributed by atoms with van der Waals surface area (Å²) in [4.78, 5) is 12.1. The van der Waals surface area contributed by atoms with Crippen molar-refractivity contribution >= 4 is 33.2 Å². The molecule has 0 fully saturated rings. The molecule has 5 heteroatoms. The van der Waals surface area contributed by atoms with E-state index < -0.39 is 0 Å². The van der Waals surface area contributed by atoms with Gasteiger partial charge in [0.25, 0.3) is 5.91 Å². The molecule has 0 bridgehead atoms. The third-order valence-corrected chi connectivity index (χ3v) is 3.36. The molecule has 0 aliphatic carbocycles. The lowest BCUT2D eigenvalue weighted by molar-refractivity contribution is 0.102. The molecule has 0 saturated carbocycles. The van der Waals surface area contributed by atoms with Gasteiger partial charge >= 0.3 is 0 Å². The molecule has 3 nitrogen and oxygen atoms in total. The van der Waals surface area contributed by atoms with Crippen LogP contribution in [0, 0.1) is 12.7 Å². The lowest BCUT2D eigenvalue weighted by Crippen LogP contribution is -2.13. The quantitative estimate of drug-likeness (QED) is 0.828. The topological polar surface area (TPSA) is 55.1 Å². The second-order valence-electron chi connectivity index (χ2n) is 4.16. The van der Waals surface area contributed by atoms with Crippen molar-refractivity contribution in [3.05, 3.63) is 57.8 Å². The van der Waals surface area contributed by atoms with E-state index in [9.17, 15) is 9.18 Å². The molecule has 0 spiro atoms. The van der Waals surface area contributed by atoms with Crippen LogP contribution in [0.3, 0.4) is 0 Å². The number of nitrogens with two attached hydrogens (primary N) is 1. The molecule has 0 aliphatic heterocycles. The van der Waals surface area contributed by atoms with Gasteiger partial charge in [-0.25, -0.2) is 4.39 Å². The molecule has 98 valence electrons. The first-order valence-corrected chi connectivity index (χ1v) is 6.39. The Kier molecular flexibility index (Phi) is 3.85. The van der Waals surface area contributed by atoms with Gasteiger partial charge in [-0.1, -0.05) is 6.07 Å². The van der Waals surface area contributed by atoms with Crippen molar-refractivity contribution < 1.29 is 9.18 Å². The highest BCUT2D eigenvalue weighted by atomic mass is 79.9. The Labute approximate surface area is 118 Å². The number of carbonyl (C=O) groups is 1. The first-order valence-electron chi connectivity index (χ1n) is 5.60. The van der Waals surface area contributed by atoms with Crippen molar-refractivity contribution in [2.24, 2.45) is 0 Å². The standard InChI is InChI=1S/C14H12BrFN2O/c1-8-2-4-10(7-13(8)16)18-14(19)11-6-9(17)3-5-12(11)15/h2-7H,17H2,1H3,(H,18,19). The Morgan fingerprint density at radius 1 is 1.26 bits per heavy atom. The largest absolute Gasteiger partial charge is 0.399 e. The van der Waals surface area contributed by atoms with E-state index in [4.69, 9.17) is 5.73 Å². The van der Waals surface area contributed by atoms with E-state index in [1.54, 1.807) is 37.3 Å². The Bertz CT molecular complexity index is 643. The molecule has 0 unspecified atom stereocenters. The van der Waals surface area contributed by atoms with Crippen LogP contribution in [0.2, 0.25) is 0 Å². The summed E-state index contributed by atoms with van der Waals surface area (Å²) in [5.74, 6) is -0.702. The minimum absolute atomic E-state index is 0.345. The fourth-order valence-corrected chi connectivity index (χ4v) is 2.01. The Morgan fingerprint density at radius 2 is 2.00 bits per heavy atom. The molecule has 0 radical (unpaired) electrons. The van der Waals surface area contributed by atoms with E-state index in [0.717, 1.165) is 0 Å². The number of nitrogen functional groups attached to an aromatic ring is 1. The summed E-state index contributed by atoms with van der Waals surface area (Å²) in [5, 5.41) is 2.63. The molecular formula is C14H12BrFN2O. The van der Waals surface area contributed by atoms with Crippen LogP contribution in [-0.4, -0.2) is 5.91 Å². The summed E-state index contributed by atoms with van der Waals surface area (Å²) in [6.45, 7) is 1.66. The van der Waals surface area contributed by atoms with E-state index in [0.29, 0.717) is 27.0 Å². The lowest BCUT2D eigenvalue weighted by Gasteiger charge is -2.08. The van der Waals surface area contributed by atoms with Crippen molar-refractivity contribution in [1.82, 2.24) is 0 Å². The van der Waals surface area contributed by atoms with Gasteiger partial charge in [0.1, 0.15) is 5.82 Å². The van der Waals surface area contributed by atoms with E-state index in [-0.39, 0.29) is 11.7 Å². The summed E-state index contributed by atoms with van der Waals surface area (Å²) >= 11 is 3.28. The third-order valence-electron chi connectivity index (χ3n) is 2.66. The van der Waals surface area contributed by atoms with Crippen LogP contribution < -0.4 is 11.1 Å². The SMILES string of the molecule is Cc1ccc(NC(=O)c2cc(N)ccc2Br)cc1F. The number of halogens is 2. The maximum Gasteiger partial charge on any atom is 0.256 e. The molecule has 0 atom stereocenters. The average molecular weight is 323 g/mol. The van der Waals surface area contributed by atoms with Crippen molar-refractivity contribution in [1.29, 1.82) is 0 Å². The van der Waals surface area contributed by atoms with E-state index in [2.05, 4.69) is 21.2 Å². The number of rotatable bonds is 2. The molecular weight excluding hydrogens is 311 g/mol. The number of nitrogens with one attached hydrogen (secondary N) is 1. The predicted octanol–water partition coefficient (Wildman–Crippen LogP) is 3.73. The monoisotopic (exact) mass is 322 g/mol. The minimum Gasteiger partial charge on any atom is -0.399 e. The maximum atomic E-state index is 13.4. The number of anilines is 2. The normalized spacial score (nSPS) is 10.3. The minimum atomic E-state index is -0.357. The second kappa shape index (κ2) is 5.40. The fourth-order valence-electron chi connectivity index (χ4n) is 1.59. The van der Waals surface area contributed by atoms with Gasteiger partial charge in [0, 0.05) is 15.8 Å². The average Bonchev–Trinajstić information content (AvgIpc) is 2.36.